The zero-order valence-corrected chi connectivity index (χ0v) is 32.7. The first-order chi connectivity index (χ1) is 27.7. The standard InChI is InChI=1S/C46H50N6O5/c1-50(2)31-42-49-45(34-17-21-36(22-18-34)47-40(53)29-38-15-9-25-51(38)43(55)27-32-11-5-3-6-12-32)46(57-42)35-19-23-37(24-20-35)48-41(54)30-39-16-10-26-52(39)44(56)28-33-13-7-4-8-14-33/h3-8,11-14,17-24,38-39H,9-10,15-16,25-31H2,1-2H3,(H,47,53)(H,48,54)/t38-,39-/m0/s1. The van der Waals surface area contributed by atoms with Crippen LogP contribution in [0.25, 0.3) is 22.6 Å². The van der Waals surface area contributed by atoms with Crippen LogP contribution in [0, 0.1) is 0 Å². The number of hydrogen-bond acceptors (Lipinski definition) is 7. The highest BCUT2D eigenvalue weighted by molar-refractivity contribution is 5.93. The van der Waals surface area contributed by atoms with Gasteiger partial charge in [0.1, 0.15) is 5.69 Å². The second-order valence-electron chi connectivity index (χ2n) is 15.3. The van der Waals surface area contributed by atoms with Gasteiger partial charge in [0.25, 0.3) is 0 Å². The Morgan fingerprint density at radius 2 is 1.11 bits per heavy atom. The zero-order chi connectivity index (χ0) is 39.7. The Morgan fingerprint density at radius 1 is 0.649 bits per heavy atom. The van der Waals surface area contributed by atoms with Crippen LogP contribution in [0.3, 0.4) is 0 Å². The molecular formula is C46H50N6O5. The lowest BCUT2D eigenvalue weighted by atomic mass is 10.0. The molecule has 4 amide bonds. The summed E-state index contributed by atoms with van der Waals surface area (Å²) in [6.07, 6.45) is 4.54. The van der Waals surface area contributed by atoms with Gasteiger partial charge in [0.05, 0.1) is 19.4 Å². The number of carbonyl (C=O) groups excluding carboxylic acids is 4. The predicted molar refractivity (Wildman–Crippen MR) is 221 cm³/mol. The Bertz CT molecular complexity index is 2000. The highest BCUT2D eigenvalue weighted by atomic mass is 16.4. The largest absolute Gasteiger partial charge is 0.439 e. The highest BCUT2D eigenvalue weighted by Crippen LogP contribution is 2.34. The number of amides is 4. The number of likely N-dealkylation sites (tertiary alicyclic amines) is 2. The Balaban J connectivity index is 0.971. The molecule has 0 aliphatic carbocycles. The number of benzene rings is 4. The Morgan fingerprint density at radius 3 is 1.56 bits per heavy atom. The summed E-state index contributed by atoms with van der Waals surface area (Å²) in [4.78, 5) is 63.0. The lowest BCUT2D eigenvalue weighted by Crippen LogP contribution is -2.38. The third kappa shape index (κ3) is 10.2. The maximum atomic E-state index is 13.2. The van der Waals surface area contributed by atoms with Crippen molar-refractivity contribution in [1.29, 1.82) is 0 Å². The number of hydrogen-bond donors (Lipinski definition) is 2. The van der Waals surface area contributed by atoms with E-state index in [1.165, 1.54) is 0 Å². The summed E-state index contributed by atoms with van der Waals surface area (Å²) in [5.74, 6) is 0.998. The van der Waals surface area contributed by atoms with Gasteiger partial charge in [-0.3, -0.25) is 19.2 Å². The molecule has 7 rings (SSSR count). The molecule has 0 saturated carbocycles. The van der Waals surface area contributed by atoms with Crippen molar-refractivity contribution in [2.24, 2.45) is 0 Å². The molecule has 2 aliphatic heterocycles. The number of nitrogens with zero attached hydrogens (tertiary/aromatic N) is 4. The highest BCUT2D eigenvalue weighted by Gasteiger charge is 2.31. The van der Waals surface area contributed by atoms with Crippen molar-refractivity contribution < 1.29 is 23.6 Å². The van der Waals surface area contributed by atoms with Crippen LogP contribution < -0.4 is 10.6 Å². The van der Waals surface area contributed by atoms with Crippen LogP contribution in [-0.4, -0.2) is 82.6 Å². The SMILES string of the molecule is CN(C)Cc1nc(-c2ccc(NC(=O)C[C@@H]3CCCN3C(=O)Cc3ccccc3)cc2)c(-c2ccc(NC(=O)C[C@@H]3CCCN3C(=O)Cc3ccccc3)cc2)o1. The number of anilines is 2. The molecule has 0 bridgehead atoms. The van der Waals surface area contributed by atoms with Crippen LogP contribution in [0.2, 0.25) is 0 Å². The molecule has 4 aromatic carbocycles. The van der Waals surface area contributed by atoms with Gasteiger partial charge in [-0.05, 0) is 87.3 Å². The average Bonchev–Trinajstić information content (AvgIpc) is 3.97. The fourth-order valence-electron chi connectivity index (χ4n) is 7.86. The molecule has 294 valence electrons. The number of nitrogens with one attached hydrogen (secondary N) is 2. The Hall–Kier alpha value is -6.07. The minimum Gasteiger partial charge on any atom is -0.439 e. The zero-order valence-electron chi connectivity index (χ0n) is 32.7. The van der Waals surface area contributed by atoms with Gasteiger partial charge in [-0.2, -0.15) is 0 Å². The predicted octanol–water partition coefficient (Wildman–Crippen LogP) is 7.19. The van der Waals surface area contributed by atoms with Crippen LogP contribution >= 0.6 is 0 Å². The molecule has 0 spiro atoms. The third-order valence-corrected chi connectivity index (χ3v) is 10.6. The minimum absolute atomic E-state index is 0.0524. The van der Waals surface area contributed by atoms with Gasteiger partial charge in [-0.25, -0.2) is 4.98 Å². The number of aromatic nitrogens is 1. The van der Waals surface area contributed by atoms with Crippen LogP contribution in [-0.2, 0) is 38.6 Å². The normalized spacial score (nSPS) is 16.5. The first kappa shape index (κ1) is 39.2. The van der Waals surface area contributed by atoms with Crippen molar-refractivity contribution >= 4 is 35.0 Å². The molecule has 3 heterocycles. The van der Waals surface area contributed by atoms with Crippen LogP contribution in [0.15, 0.2) is 114 Å². The maximum Gasteiger partial charge on any atom is 0.227 e. The van der Waals surface area contributed by atoms with Crippen LogP contribution in [0.4, 0.5) is 11.4 Å². The molecule has 57 heavy (non-hydrogen) atoms. The van der Waals surface area contributed by atoms with Crippen molar-refractivity contribution in [2.75, 3.05) is 37.8 Å². The lowest BCUT2D eigenvalue weighted by Gasteiger charge is -2.24. The van der Waals surface area contributed by atoms with E-state index in [9.17, 15) is 19.2 Å². The molecule has 11 heteroatoms. The van der Waals surface area contributed by atoms with Gasteiger partial charge >= 0.3 is 0 Å². The molecule has 0 unspecified atom stereocenters. The molecule has 11 nitrogen and oxygen atoms in total. The summed E-state index contributed by atoms with van der Waals surface area (Å²) in [6.45, 7) is 1.85. The summed E-state index contributed by atoms with van der Waals surface area (Å²) in [5, 5.41) is 6.03. The van der Waals surface area contributed by atoms with E-state index >= 15 is 0 Å². The Labute approximate surface area is 334 Å². The quantitative estimate of drug-likeness (QED) is 0.122. The maximum absolute atomic E-state index is 13.2. The van der Waals surface area contributed by atoms with Gasteiger partial charge < -0.3 is 29.8 Å². The summed E-state index contributed by atoms with van der Waals surface area (Å²) in [7, 11) is 3.90. The van der Waals surface area contributed by atoms with E-state index in [1.807, 2.05) is 138 Å². The van der Waals surface area contributed by atoms with Gasteiger partial charge in [-0.1, -0.05) is 72.8 Å². The number of oxazole rings is 1. The van der Waals surface area contributed by atoms with Gasteiger partial charge in [0.2, 0.25) is 29.5 Å². The van der Waals surface area contributed by atoms with Crippen molar-refractivity contribution in [2.45, 2.75) is 70.0 Å². The van der Waals surface area contributed by atoms with E-state index in [0.717, 1.165) is 47.9 Å². The third-order valence-electron chi connectivity index (χ3n) is 10.6. The summed E-state index contributed by atoms with van der Waals surface area (Å²) in [5.41, 5.74) is 5.55. The summed E-state index contributed by atoms with van der Waals surface area (Å²) < 4.78 is 6.31. The number of carbonyl (C=O) groups is 4. The first-order valence-corrected chi connectivity index (χ1v) is 19.8. The molecule has 2 saturated heterocycles. The number of rotatable bonds is 14. The van der Waals surface area contributed by atoms with E-state index in [2.05, 4.69) is 10.6 Å². The fourth-order valence-corrected chi connectivity index (χ4v) is 7.86. The second-order valence-corrected chi connectivity index (χ2v) is 15.3. The van der Waals surface area contributed by atoms with Gasteiger partial charge in [-0.15, -0.1) is 0 Å². The summed E-state index contributed by atoms with van der Waals surface area (Å²) in [6, 6.07) is 34.2. The molecule has 2 fully saturated rings. The molecule has 5 aromatic rings. The molecular weight excluding hydrogens is 717 g/mol. The van der Waals surface area contributed by atoms with Gasteiger partial charge in [0.15, 0.2) is 5.76 Å². The monoisotopic (exact) mass is 766 g/mol. The Kier molecular flexibility index (Phi) is 12.5. The molecule has 2 atom stereocenters. The minimum atomic E-state index is -0.134. The van der Waals surface area contributed by atoms with Crippen molar-refractivity contribution in [3.05, 3.63) is 126 Å². The van der Waals surface area contributed by atoms with Gasteiger partial charge in [0, 0.05) is 60.5 Å². The smallest absolute Gasteiger partial charge is 0.227 e. The van der Waals surface area contributed by atoms with Crippen molar-refractivity contribution in [3.63, 3.8) is 0 Å². The topological polar surface area (TPSA) is 128 Å². The summed E-state index contributed by atoms with van der Waals surface area (Å²) >= 11 is 0. The first-order valence-electron chi connectivity index (χ1n) is 19.8. The molecule has 2 aliphatic rings. The average molecular weight is 767 g/mol. The molecule has 1 aromatic heterocycles. The van der Waals surface area contributed by atoms with Crippen LogP contribution in [0.5, 0.6) is 0 Å². The van der Waals surface area contributed by atoms with E-state index in [-0.39, 0.29) is 48.6 Å². The lowest BCUT2D eigenvalue weighted by molar-refractivity contribution is -0.133. The molecule has 2 N–H and O–H groups in total. The van der Waals surface area contributed by atoms with E-state index < -0.39 is 0 Å². The molecule has 0 radical (unpaired) electrons. The van der Waals surface area contributed by atoms with Crippen molar-refractivity contribution in [3.8, 4) is 22.6 Å². The van der Waals surface area contributed by atoms with Crippen molar-refractivity contribution in [1.82, 2.24) is 19.7 Å². The second kappa shape index (κ2) is 18.3. The van der Waals surface area contributed by atoms with E-state index in [4.69, 9.17) is 9.40 Å². The van der Waals surface area contributed by atoms with E-state index in [0.29, 0.717) is 61.2 Å². The van der Waals surface area contributed by atoms with E-state index in [1.54, 1.807) is 0 Å². The fraction of sp³-hybridized carbons (Fsp3) is 0.326. The van der Waals surface area contributed by atoms with Crippen LogP contribution in [0.1, 0.15) is 55.5 Å².